The standard InChI is InChI=1S/C14H18O3/c1-14(2,3)13(15)17-9-10-4-5-12-11(8-10)6-7-16-12/h4-5,8H,6-7,9H2,1-3H3. The Morgan fingerprint density at radius 3 is 2.88 bits per heavy atom. The largest absolute Gasteiger partial charge is 0.493 e. The second-order valence-corrected chi connectivity index (χ2v) is 5.37. The second kappa shape index (κ2) is 4.40. The molecule has 0 radical (unpaired) electrons. The zero-order chi connectivity index (χ0) is 12.5. The molecule has 0 saturated heterocycles. The predicted octanol–water partition coefficient (Wildman–Crippen LogP) is 2.71. The fourth-order valence-electron chi connectivity index (χ4n) is 1.70. The summed E-state index contributed by atoms with van der Waals surface area (Å²) in [5.74, 6) is 0.783. The van der Waals surface area contributed by atoms with Gasteiger partial charge in [-0.15, -0.1) is 0 Å². The van der Waals surface area contributed by atoms with Crippen molar-refractivity contribution in [1.29, 1.82) is 0 Å². The minimum Gasteiger partial charge on any atom is -0.493 e. The van der Waals surface area contributed by atoms with Crippen LogP contribution in [0, 0.1) is 5.41 Å². The Morgan fingerprint density at radius 1 is 1.41 bits per heavy atom. The van der Waals surface area contributed by atoms with Gasteiger partial charge in [0.25, 0.3) is 0 Å². The summed E-state index contributed by atoms with van der Waals surface area (Å²) in [5, 5.41) is 0. The first kappa shape index (κ1) is 12.0. The summed E-state index contributed by atoms with van der Waals surface area (Å²) < 4.78 is 10.7. The molecule has 0 saturated carbocycles. The molecule has 3 nitrogen and oxygen atoms in total. The molecule has 0 unspecified atom stereocenters. The van der Waals surface area contributed by atoms with Crippen molar-refractivity contribution in [2.75, 3.05) is 6.61 Å². The first-order valence-corrected chi connectivity index (χ1v) is 5.88. The van der Waals surface area contributed by atoms with Crippen LogP contribution in [0.5, 0.6) is 5.75 Å². The van der Waals surface area contributed by atoms with Crippen molar-refractivity contribution in [3.63, 3.8) is 0 Å². The maximum Gasteiger partial charge on any atom is 0.311 e. The molecule has 2 rings (SSSR count). The molecule has 1 aliphatic rings. The number of benzene rings is 1. The van der Waals surface area contributed by atoms with Crippen LogP contribution in [0.1, 0.15) is 31.9 Å². The van der Waals surface area contributed by atoms with Crippen molar-refractivity contribution in [1.82, 2.24) is 0 Å². The summed E-state index contributed by atoms with van der Waals surface area (Å²) in [5.41, 5.74) is 1.78. The van der Waals surface area contributed by atoms with Gasteiger partial charge < -0.3 is 9.47 Å². The molecule has 1 aliphatic heterocycles. The van der Waals surface area contributed by atoms with E-state index in [2.05, 4.69) is 6.07 Å². The maximum atomic E-state index is 11.6. The average Bonchev–Trinajstić information content (AvgIpc) is 2.71. The molecule has 1 aromatic rings. The summed E-state index contributed by atoms with van der Waals surface area (Å²) in [4.78, 5) is 11.6. The van der Waals surface area contributed by atoms with Gasteiger partial charge in [-0.2, -0.15) is 0 Å². The Balaban J connectivity index is 1.98. The van der Waals surface area contributed by atoms with Gasteiger partial charge in [0.1, 0.15) is 12.4 Å². The van der Waals surface area contributed by atoms with Gasteiger partial charge in [-0.05, 0) is 44.0 Å². The van der Waals surface area contributed by atoms with Crippen LogP contribution in [-0.4, -0.2) is 12.6 Å². The predicted molar refractivity (Wildman–Crippen MR) is 64.9 cm³/mol. The number of rotatable bonds is 2. The Morgan fingerprint density at radius 2 is 2.18 bits per heavy atom. The fraction of sp³-hybridized carbons (Fsp3) is 0.500. The summed E-state index contributed by atoms with van der Waals surface area (Å²) in [6.07, 6.45) is 0.941. The van der Waals surface area contributed by atoms with Crippen LogP contribution >= 0.6 is 0 Å². The lowest BCUT2D eigenvalue weighted by Gasteiger charge is -2.16. The van der Waals surface area contributed by atoms with Crippen molar-refractivity contribution >= 4 is 5.97 Å². The maximum absolute atomic E-state index is 11.6. The van der Waals surface area contributed by atoms with Gasteiger partial charge in [0.05, 0.1) is 12.0 Å². The van der Waals surface area contributed by atoms with Crippen LogP contribution in [0.3, 0.4) is 0 Å². The monoisotopic (exact) mass is 234 g/mol. The lowest BCUT2D eigenvalue weighted by molar-refractivity contribution is -0.154. The molecule has 0 bridgehead atoms. The Labute approximate surface area is 102 Å². The number of ether oxygens (including phenoxy) is 2. The Bertz CT molecular complexity index is 430. The highest BCUT2D eigenvalue weighted by molar-refractivity contribution is 5.75. The average molecular weight is 234 g/mol. The van der Waals surface area contributed by atoms with Crippen LogP contribution in [-0.2, 0) is 22.6 Å². The number of hydrogen-bond acceptors (Lipinski definition) is 3. The van der Waals surface area contributed by atoms with Crippen molar-refractivity contribution in [3.8, 4) is 5.75 Å². The molecular formula is C14H18O3. The number of hydrogen-bond donors (Lipinski definition) is 0. The first-order chi connectivity index (χ1) is 7.97. The Kier molecular flexibility index (Phi) is 3.09. The first-order valence-electron chi connectivity index (χ1n) is 5.88. The highest BCUT2D eigenvalue weighted by Crippen LogP contribution is 2.26. The number of fused-ring (bicyclic) bond motifs is 1. The molecule has 17 heavy (non-hydrogen) atoms. The molecule has 92 valence electrons. The van der Waals surface area contributed by atoms with Gasteiger partial charge in [-0.3, -0.25) is 4.79 Å². The lowest BCUT2D eigenvalue weighted by Crippen LogP contribution is -2.22. The van der Waals surface area contributed by atoms with Crippen LogP contribution in [0.15, 0.2) is 18.2 Å². The minimum atomic E-state index is -0.445. The zero-order valence-corrected chi connectivity index (χ0v) is 10.6. The van der Waals surface area contributed by atoms with E-state index in [0.717, 1.165) is 24.3 Å². The molecule has 1 heterocycles. The van der Waals surface area contributed by atoms with E-state index in [4.69, 9.17) is 9.47 Å². The molecular weight excluding hydrogens is 216 g/mol. The highest BCUT2D eigenvalue weighted by Gasteiger charge is 2.23. The van der Waals surface area contributed by atoms with E-state index < -0.39 is 5.41 Å². The van der Waals surface area contributed by atoms with Gasteiger partial charge in [0.2, 0.25) is 0 Å². The highest BCUT2D eigenvalue weighted by atomic mass is 16.5. The summed E-state index contributed by atoms with van der Waals surface area (Å²) in [7, 11) is 0. The molecule has 0 amide bonds. The number of esters is 1. The molecule has 0 atom stereocenters. The van der Waals surface area contributed by atoms with E-state index in [1.54, 1.807) is 0 Å². The SMILES string of the molecule is CC(C)(C)C(=O)OCc1ccc2c(c1)CCO2. The molecule has 0 N–H and O–H groups in total. The van der Waals surface area contributed by atoms with Crippen LogP contribution < -0.4 is 4.74 Å². The van der Waals surface area contributed by atoms with Crippen molar-refractivity contribution in [2.45, 2.75) is 33.8 Å². The van der Waals surface area contributed by atoms with Crippen LogP contribution in [0.25, 0.3) is 0 Å². The van der Waals surface area contributed by atoms with E-state index >= 15 is 0 Å². The molecule has 3 heteroatoms. The minimum absolute atomic E-state index is 0.172. The van der Waals surface area contributed by atoms with E-state index in [1.807, 2.05) is 32.9 Å². The van der Waals surface area contributed by atoms with Crippen LogP contribution in [0.2, 0.25) is 0 Å². The summed E-state index contributed by atoms with van der Waals surface area (Å²) in [6.45, 7) is 6.65. The fourth-order valence-corrected chi connectivity index (χ4v) is 1.70. The number of carbonyl (C=O) groups excluding carboxylic acids is 1. The van der Waals surface area contributed by atoms with Gasteiger partial charge in [0.15, 0.2) is 0 Å². The van der Waals surface area contributed by atoms with Gasteiger partial charge in [-0.1, -0.05) is 6.07 Å². The summed E-state index contributed by atoms with van der Waals surface area (Å²) in [6, 6.07) is 5.95. The van der Waals surface area contributed by atoms with Gasteiger partial charge in [0, 0.05) is 6.42 Å². The molecule has 0 fully saturated rings. The lowest BCUT2D eigenvalue weighted by atomic mass is 9.97. The van der Waals surface area contributed by atoms with E-state index in [1.165, 1.54) is 5.56 Å². The quantitative estimate of drug-likeness (QED) is 0.738. The van der Waals surface area contributed by atoms with Crippen molar-refractivity contribution < 1.29 is 14.3 Å². The Hall–Kier alpha value is -1.51. The zero-order valence-electron chi connectivity index (χ0n) is 10.6. The van der Waals surface area contributed by atoms with E-state index in [-0.39, 0.29) is 5.97 Å². The molecule has 0 aliphatic carbocycles. The van der Waals surface area contributed by atoms with Gasteiger partial charge in [-0.25, -0.2) is 0 Å². The van der Waals surface area contributed by atoms with E-state index in [9.17, 15) is 4.79 Å². The van der Waals surface area contributed by atoms with Crippen molar-refractivity contribution in [2.24, 2.45) is 5.41 Å². The molecule has 1 aromatic carbocycles. The topological polar surface area (TPSA) is 35.5 Å². The molecule has 0 spiro atoms. The number of carbonyl (C=O) groups is 1. The molecule has 0 aromatic heterocycles. The summed E-state index contributed by atoms with van der Waals surface area (Å²) >= 11 is 0. The van der Waals surface area contributed by atoms with Crippen molar-refractivity contribution in [3.05, 3.63) is 29.3 Å². The third kappa shape index (κ3) is 2.78. The normalized spacial score (nSPS) is 14.1. The third-order valence-electron chi connectivity index (χ3n) is 2.74. The van der Waals surface area contributed by atoms with E-state index in [0.29, 0.717) is 6.61 Å². The van der Waals surface area contributed by atoms with Gasteiger partial charge >= 0.3 is 5.97 Å². The smallest absolute Gasteiger partial charge is 0.311 e. The van der Waals surface area contributed by atoms with Crippen LogP contribution in [0.4, 0.5) is 0 Å². The second-order valence-electron chi connectivity index (χ2n) is 5.37. The third-order valence-corrected chi connectivity index (χ3v) is 2.74.